The molecule has 0 saturated heterocycles. The molecule has 0 unspecified atom stereocenters. The molecule has 0 spiro atoms. The third kappa shape index (κ3) is 3.25. The van der Waals surface area contributed by atoms with Crippen LogP contribution in [0.5, 0.6) is 0 Å². The van der Waals surface area contributed by atoms with Gasteiger partial charge in [-0.2, -0.15) is 5.26 Å². The van der Waals surface area contributed by atoms with Gasteiger partial charge in [0.1, 0.15) is 0 Å². The van der Waals surface area contributed by atoms with Crippen molar-refractivity contribution in [3.63, 3.8) is 0 Å². The zero-order valence-corrected chi connectivity index (χ0v) is 12.8. The van der Waals surface area contributed by atoms with Crippen LogP contribution in [-0.2, 0) is 0 Å². The SMILES string of the molecule is Cc1cc(C(=O)CNCCO)c(C)n1-c1ccc(C#N)cc1. The molecule has 22 heavy (non-hydrogen) atoms. The van der Waals surface area contributed by atoms with Gasteiger partial charge < -0.3 is 15.0 Å². The number of carbonyl (C=O) groups excluding carboxylic acids is 1. The molecule has 0 bridgehead atoms. The predicted octanol–water partition coefficient (Wildman–Crippen LogP) is 1.73. The Kier molecular flexibility index (Phi) is 5.10. The highest BCUT2D eigenvalue weighted by atomic mass is 16.3. The van der Waals surface area contributed by atoms with Crippen molar-refractivity contribution in [3.8, 4) is 11.8 Å². The second-order valence-corrected chi connectivity index (χ2v) is 5.10. The Labute approximate surface area is 129 Å². The van der Waals surface area contributed by atoms with Gasteiger partial charge >= 0.3 is 0 Å². The maximum absolute atomic E-state index is 12.2. The van der Waals surface area contributed by atoms with Crippen molar-refractivity contribution in [1.29, 1.82) is 5.26 Å². The number of nitriles is 1. The second kappa shape index (κ2) is 7.03. The summed E-state index contributed by atoms with van der Waals surface area (Å²) in [5.41, 5.74) is 4.05. The van der Waals surface area contributed by atoms with E-state index in [0.717, 1.165) is 17.1 Å². The molecule has 0 amide bonds. The van der Waals surface area contributed by atoms with Gasteiger partial charge in [-0.1, -0.05) is 0 Å². The van der Waals surface area contributed by atoms with Crippen LogP contribution in [0.1, 0.15) is 27.3 Å². The molecule has 0 saturated carbocycles. The Bertz CT molecular complexity index is 709. The number of benzene rings is 1. The quantitative estimate of drug-likeness (QED) is 0.629. The lowest BCUT2D eigenvalue weighted by atomic mass is 10.1. The first kappa shape index (κ1) is 16.0. The number of nitrogens with zero attached hydrogens (tertiary/aromatic N) is 2. The van der Waals surface area contributed by atoms with Crippen LogP contribution in [0.25, 0.3) is 5.69 Å². The number of ketones is 1. The average Bonchev–Trinajstić information content (AvgIpc) is 2.82. The van der Waals surface area contributed by atoms with E-state index in [4.69, 9.17) is 10.4 Å². The van der Waals surface area contributed by atoms with Gasteiger partial charge in [-0.15, -0.1) is 0 Å². The molecular weight excluding hydrogens is 278 g/mol. The van der Waals surface area contributed by atoms with Gasteiger partial charge in [0.25, 0.3) is 0 Å². The summed E-state index contributed by atoms with van der Waals surface area (Å²) in [5.74, 6) is 0.00134. The summed E-state index contributed by atoms with van der Waals surface area (Å²) >= 11 is 0. The van der Waals surface area contributed by atoms with Gasteiger partial charge in [0.2, 0.25) is 0 Å². The fraction of sp³-hybridized carbons (Fsp3) is 0.294. The molecule has 0 aliphatic heterocycles. The molecule has 1 heterocycles. The Morgan fingerprint density at radius 3 is 2.59 bits per heavy atom. The topological polar surface area (TPSA) is 78.0 Å². The van der Waals surface area contributed by atoms with E-state index in [1.807, 2.05) is 36.6 Å². The number of Topliss-reactive ketones (excluding diaryl/α,β-unsaturated/α-hetero) is 1. The van der Waals surface area contributed by atoms with E-state index >= 15 is 0 Å². The molecule has 0 radical (unpaired) electrons. The van der Waals surface area contributed by atoms with Crippen LogP contribution >= 0.6 is 0 Å². The zero-order chi connectivity index (χ0) is 16.1. The van der Waals surface area contributed by atoms with E-state index in [9.17, 15) is 4.79 Å². The molecule has 2 N–H and O–H groups in total. The van der Waals surface area contributed by atoms with Gasteiger partial charge in [0, 0.05) is 29.2 Å². The number of hydrogen-bond donors (Lipinski definition) is 2. The second-order valence-electron chi connectivity index (χ2n) is 5.10. The normalized spacial score (nSPS) is 10.5. The van der Waals surface area contributed by atoms with Crippen molar-refractivity contribution < 1.29 is 9.90 Å². The number of rotatable bonds is 6. The number of hydrogen-bond acceptors (Lipinski definition) is 4. The van der Waals surface area contributed by atoms with Gasteiger partial charge in [-0.05, 0) is 44.2 Å². The lowest BCUT2D eigenvalue weighted by molar-refractivity contribution is 0.0989. The molecule has 2 aromatic rings. The number of aromatic nitrogens is 1. The summed E-state index contributed by atoms with van der Waals surface area (Å²) < 4.78 is 2.00. The van der Waals surface area contributed by atoms with Crippen molar-refractivity contribution in [2.45, 2.75) is 13.8 Å². The van der Waals surface area contributed by atoms with E-state index < -0.39 is 0 Å². The summed E-state index contributed by atoms with van der Waals surface area (Å²) in [6, 6.07) is 11.2. The number of aliphatic hydroxyl groups excluding tert-OH is 1. The summed E-state index contributed by atoms with van der Waals surface area (Å²) in [6.45, 7) is 4.48. The van der Waals surface area contributed by atoms with Crippen LogP contribution in [0, 0.1) is 25.2 Å². The Morgan fingerprint density at radius 1 is 1.32 bits per heavy atom. The largest absolute Gasteiger partial charge is 0.395 e. The van der Waals surface area contributed by atoms with E-state index in [-0.39, 0.29) is 18.9 Å². The molecule has 2 rings (SSSR count). The summed E-state index contributed by atoms with van der Waals surface area (Å²) in [4.78, 5) is 12.2. The monoisotopic (exact) mass is 297 g/mol. The molecule has 5 heteroatoms. The minimum atomic E-state index is 0.00134. The lowest BCUT2D eigenvalue weighted by Gasteiger charge is -2.10. The Morgan fingerprint density at radius 2 is 2.00 bits per heavy atom. The molecule has 1 aromatic heterocycles. The van der Waals surface area contributed by atoms with E-state index in [1.54, 1.807) is 12.1 Å². The van der Waals surface area contributed by atoms with Crippen molar-refractivity contribution >= 4 is 5.78 Å². The fourth-order valence-electron chi connectivity index (χ4n) is 2.50. The van der Waals surface area contributed by atoms with Crippen molar-refractivity contribution in [1.82, 2.24) is 9.88 Å². The Balaban J connectivity index is 2.30. The van der Waals surface area contributed by atoms with Gasteiger partial charge in [-0.25, -0.2) is 0 Å². The van der Waals surface area contributed by atoms with Crippen LogP contribution in [0.2, 0.25) is 0 Å². The van der Waals surface area contributed by atoms with Gasteiger partial charge in [-0.3, -0.25) is 4.79 Å². The lowest BCUT2D eigenvalue weighted by Crippen LogP contribution is -2.26. The van der Waals surface area contributed by atoms with Crippen LogP contribution in [0.4, 0.5) is 0 Å². The number of nitrogens with one attached hydrogen (secondary N) is 1. The molecule has 114 valence electrons. The van der Waals surface area contributed by atoms with E-state index in [0.29, 0.717) is 17.7 Å². The third-order valence-corrected chi connectivity index (χ3v) is 3.56. The first-order valence-corrected chi connectivity index (χ1v) is 7.12. The highest BCUT2D eigenvalue weighted by Crippen LogP contribution is 2.21. The summed E-state index contributed by atoms with van der Waals surface area (Å²) in [5, 5.41) is 20.5. The highest BCUT2D eigenvalue weighted by molar-refractivity contribution is 5.99. The molecule has 0 atom stereocenters. The third-order valence-electron chi connectivity index (χ3n) is 3.56. The molecule has 0 aliphatic rings. The molecular formula is C17H19N3O2. The van der Waals surface area contributed by atoms with Crippen LogP contribution in [0.15, 0.2) is 30.3 Å². The van der Waals surface area contributed by atoms with Crippen molar-refractivity contribution in [3.05, 3.63) is 52.8 Å². The average molecular weight is 297 g/mol. The number of carbonyl (C=O) groups is 1. The zero-order valence-electron chi connectivity index (χ0n) is 12.8. The van der Waals surface area contributed by atoms with Crippen LogP contribution < -0.4 is 5.32 Å². The molecule has 0 fully saturated rings. The maximum Gasteiger partial charge on any atom is 0.178 e. The first-order valence-electron chi connectivity index (χ1n) is 7.12. The van der Waals surface area contributed by atoms with Crippen molar-refractivity contribution in [2.24, 2.45) is 0 Å². The minimum absolute atomic E-state index is 0.00134. The molecule has 0 aliphatic carbocycles. The highest BCUT2D eigenvalue weighted by Gasteiger charge is 2.16. The van der Waals surface area contributed by atoms with E-state index in [1.165, 1.54) is 0 Å². The summed E-state index contributed by atoms with van der Waals surface area (Å²) in [6.07, 6.45) is 0. The summed E-state index contributed by atoms with van der Waals surface area (Å²) in [7, 11) is 0. The first-order chi connectivity index (χ1) is 10.6. The fourth-order valence-corrected chi connectivity index (χ4v) is 2.50. The standard InChI is InChI=1S/C17H19N3O2/c1-12-9-16(17(22)11-19-7-8-21)13(2)20(12)15-5-3-14(10-18)4-6-15/h3-6,9,19,21H,7-8,11H2,1-2H3. The Hall–Kier alpha value is -2.42. The number of aryl methyl sites for hydroxylation is 1. The van der Waals surface area contributed by atoms with Gasteiger partial charge in [0.05, 0.1) is 24.8 Å². The molecule has 5 nitrogen and oxygen atoms in total. The van der Waals surface area contributed by atoms with Crippen molar-refractivity contribution in [2.75, 3.05) is 19.7 Å². The van der Waals surface area contributed by atoms with Crippen LogP contribution in [-0.4, -0.2) is 35.2 Å². The van der Waals surface area contributed by atoms with E-state index in [2.05, 4.69) is 11.4 Å². The van der Waals surface area contributed by atoms with Gasteiger partial charge in [0.15, 0.2) is 5.78 Å². The van der Waals surface area contributed by atoms with Crippen LogP contribution in [0.3, 0.4) is 0 Å². The maximum atomic E-state index is 12.2. The smallest absolute Gasteiger partial charge is 0.178 e. The minimum Gasteiger partial charge on any atom is -0.395 e. The molecule has 1 aromatic carbocycles. The number of aliphatic hydroxyl groups is 1. The predicted molar refractivity (Wildman–Crippen MR) is 84.2 cm³/mol.